The van der Waals surface area contributed by atoms with Crippen LogP contribution in [0.15, 0.2) is 24.3 Å². The van der Waals surface area contributed by atoms with E-state index in [4.69, 9.17) is 0 Å². The third-order valence-electron chi connectivity index (χ3n) is 5.58. The van der Waals surface area contributed by atoms with Crippen molar-refractivity contribution in [3.63, 3.8) is 0 Å². The summed E-state index contributed by atoms with van der Waals surface area (Å²) in [4.78, 5) is 29.2. The van der Waals surface area contributed by atoms with Crippen LogP contribution in [-0.4, -0.2) is 29.8 Å². The van der Waals surface area contributed by atoms with Gasteiger partial charge < -0.3 is 10.2 Å². The standard InChI is InChI=1S/C21H23FN2O2S/c1-13-16(22)5-4-6-17(13)23-20(25)14-7-8-18-15(11-14)12-19(27-18)21(26)24-9-2-3-10-24/h4-6,12,14H,2-3,7-11H2,1H3,(H,23,25). The van der Waals surface area contributed by atoms with Crippen LogP contribution in [0.3, 0.4) is 0 Å². The molecule has 2 aromatic rings. The Morgan fingerprint density at radius 3 is 2.81 bits per heavy atom. The highest BCUT2D eigenvalue weighted by Crippen LogP contribution is 2.34. The van der Waals surface area contributed by atoms with Crippen molar-refractivity contribution in [2.24, 2.45) is 5.92 Å². The lowest BCUT2D eigenvalue weighted by atomic mass is 9.87. The molecule has 1 unspecified atom stereocenters. The smallest absolute Gasteiger partial charge is 0.263 e. The number of rotatable bonds is 3. The van der Waals surface area contributed by atoms with Crippen LogP contribution < -0.4 is 5.32 Å². The van der Waals surface area contributed by atoms with E-state index in [0.29, 0.717) is 17.7 Å². The first-order valence-electron chi connectivity index (χ1n) is 9.50. The third-order valence-corrected chi connectivity index (χ3v) is 6.81. The number of aryl methyl sites for hydroxylation is 1. The van der Waals surface area contributed by atoms with Gasteiger partial charge in [-0.1, -0.05) is 6.07 Å². The van der Waals surface area contributed by atoms with E-state index in [0.717, 1.165) is 49.2 Å². The number of thiophene rings is 1. The maximum atomic E-state index is 13.7. The number of fused-ring (bicyclic) bond motifs is 1. The molecule has 2 aliphatic rings. The van der Waals surface area contributed by atoms with Crippen LogP contribution >= 0.6 is 11.3 Å². The topological polar surface area (TPSA) is 49.4 Å². The third kappa shape index (κ3) is 3.63. The number of carbonyl (C=O) groups is 2. The van der Waals surface area contributed by atoms with Crippen molar-refractivity contribution in [1.82, 2.24) is 4.90 Å². The summed E-state index contributed by atoms with van der Waals surface area (Å²) >= 11 is 1.58. The van der Waals surface area contributed by atoms with Gasteiger partial charge in [-0.15, -0.1) is 11.3 Å². The fraction of sp³-hybridized carbons (Fsp3) is 0.429. The van der Waals surface area contributed by atoms with Gasteiger partial charge in [-0.25, -0.2) is 4.39 Å². The summed E-state index contributed by atoms with van der Waals surface area (Å²) in [5, 5.41) is 2.88. The summed E-state index contributed by atoms with van der Waals surface area (Å²) in [6, 6.07) is 6.70. The minimum absolute atomic E-state index is 0.0760. The summed E-state index contributed by atoms with van der Waals surface area (Å²) in [7, 11) is 0. The van der Waals surface area contributed by atoms with Gasteiger partial charge in [-0.2, -0.15) is 0 Å². The Bertz CT molecular complexity index is 886. The van der Waals surface area contributed by atoms with Crippen LogP contribution in [0.2, 0.25) is 0 Å². The Morgan fingerprint density at radius 2 is 2.04 bits per heavy atom. The number of benzene rings is 1. The number of hydrogen-bond acceptors (Lipinski definition) is 3. The summed E-state index contributed by atoms with van der Waals surface area (Å²) < 4.78 is 13.7. The summed E-state index contributed by atoms with van der Waals surface area (Å²) in [5.74, 6) is -0.414. The van der Waals surface area contributed by atoms with Gasteiger partial charge in [0.1, 0.15) is 5.82 Å². The number of amides is 2. The van der Waals surface area contributed by atoms with Crippen molar-refractivity contribution in [3.05, 3.63) is 51.0 Å². The Hall–Kier alpha value is -2.21. The molecule has 142 valence electrons. The molecule has 2 amide bonds. The summed E-state index contributed by atoms with van der Waals surface area (Å²) in [6.45, 7) is 3.36. The Kier molecular flexibility index (Phi) is 5.00. The summed E-state index contributed by atoms with van der Waals surface area (Å²) in [5.41, 5.74) is 2.10. The number of nitrogens with one attached hydrogen (secondary N) is 1. The second-order valence-electron chi connectivity index (χ2n) is 7.40. The predicted molar refractivity (Wildman–Crippen MR) is 105 cm³/mol. The maximum absolute atomic E-state index is 13.7. The normalized spacial score (nSPS) is 19.0. The molecular formula is C21H23FN2O2S. The van der Waals surface area contributed by atoms with Gasteiger partial charge in [0.2, 0.25) is 5.91 Å². The van der Waals surface area contributed by atoms with Gasteiger partial charge in [0, 0.05) is 35.1 Å². The number of anilines is 1. The highest BCUT2D eigenvalue weighted by molar-refractivity contribution is 7.14. The summed E-state index contributed by atoms with van der Waals surface area (Å²) in [6.07, 6.45) is 4.37. The van der Waals surface area contributed by atoms with Gasteiger partial charge in [0.05, 0.1) is 4.88 Å². The molecule has 0 bridgehead atoms. The van der Waals surface area contributed by atoms with E-state index in [2.05, 4.69) is 5.32 Å². The monoisotopic (exact) mass is 386 g/mol. The Labute approximate surface area is 162 Å². The molecule has 4 rings (SSSR count). The van der Waals surface area contributed by atoms with Crippen molar-refractivity contribution in [3.8, 4) is 0 Å². The molecule has 0 radical (unpaired) electrons. The first-order valence-corrected chi connectivity index (χ1v) is 10.3. The van der Waals surface area contributed by atoms with Crippen molar-refractivity contribution in [1.29, 1.82) is 0 Å². The number of likely N-dealkylation sites (tertiary alicyclic amines) is 1. The molecule has 2 heterocycles. The van der Waals surface area contributed by atoms with Crippen LogP contribution in [0.5, 0.6) is 0 Å². The molecule has 6 heteroatoms. The highest BCUT2D eigenvalue weighted by atomic mass is 32.1. The van der Waals surface area contributed by atoms with Crippen LogP contribution in [0.25, 0.3) is 0 Å². The number of hydrogen-bond donors (Lipinski definition) is 1. The van der Waals surface area contributed by atoms with Gasteiger partial charge >= 0.3 is 0 Å². The van der Waals surface area contributed by atoms with Gasteiger partial charge in [-0.3, -0.25) is 9.59 Å². The van der Waals surface area contributed by atoms with Crippen molar-refractivity contribution < 1.29 is 14.0 Å². The molecule has 1 N–H and O–H groups in total. The van der Waals surface area contributed by atoms with Crippen LogP contribution in [0.4, 0.5) is 10.1 Å². The SMILES string of the molecule is Cc1c(F)cccc1NC(=O)C1CCc2sc(C(=O)N3CCCC3)cc2C1. The number of carbonyl (C=O) groups excluding carboxylic acids is 2. The zero-order chi connectivity index (χ0) is 19.0. The second kappa shape index (κ2) is 7.43. The molecule has 4 nitrogen and oxygen atoms in total. The van der Waals surface area contributed by atoms with Crippen LogP contribution in [0, 0.1) is 18.7 Å². The molecule has 1 aliphatic heterocycles. The average Bonchev–Trinajstić information content (AvgIpc) is 3.33. The van der Waals surface area contributed by atoms with E-state index in [9.17, 15) is 14.0 Å². The van der Waals surface area contributed by atoms with E-state index in [1.165, 1.54) is 10.9 Å². The lowest BCUT2D eigenvalue weighted by Gasteiger charge is -2.21. The minimum Gasteiger partial charge on any atom is -0.338 e. The Balaban J connectivity index is 1.45. The fourth-order valence-corrected chi connectivity index (χ4v) is 5.08. The number of nitrogens with zero attached hydrogens (tertiary/aromatic N) is 1. The number of halogens is 1. The first-order chi connectivity index (χ1) is 13.0. The quantitative estimate of drug-likeness (QED) is 0.860. The van der Waals surface area contributed by atoms with Crippen molar-refractivity contribution in [2.45, 2.75) is 39.0 Å². The molecular weight excluding hydrogens is 363 g/mol. The largest absolute Gasteiger partial charge is 0.338 e. The predicted octanol–water partition coefficient (Wildman–Crippen LogP) is 4.18. The lowest BCUT2D eigenvalue weighted by molar-refractivity contribution is -0.120. The average molecular weight is 386 g/mol. The van der Waals surface area contributed by atoms with E-state index in [1.807, 2.05) is 11.0 Å². The van der Waals surface area contributed by atoms with Crippen molar-refractivity contribution >= 4 is 28.8 Å². The molecule has 1 aromatic heterocycles. The Morgan fingerprint density at radius 1 is 1.26 bits per heavy atom. The van der Waals surface area contributed by atoms with E-state index in [1.54, 1.807) is 30.4 Å². The fourth-order valence-electron chi connectivity index (χ4n) is 3.91. The molecule has 1 aromatic carbocycles. The second-order valence-corrected chi connectivity index (χ2v) is 8.54. The molecule has 0 spiro atoms. The molecule has 27 heavy (non-hydrogen) atoms. The maximum Gasteiger partial charge on any atom is 0.263 e. The van der Waals surface area contributed by atoms with Crippen LogP contribution in [-0.2, 0) is 17.6 Å². The van der Waals surface area contributed by atoms with E-state index in [-0.39, 0.29) is 23.5 Å². The molecule has 1 fully saturated rings. The van der Waals surface area contributed by atoms with Crippen molar-refractivity contribution in [2.75, 3.05) is 18.4 Å². The van der Waals surface area contributed by atoms with E-state index >= 15 is 0 Å². The zero-order valence-electron chi connectivity index (χ0n) is 15.4. The minimum atomic E-state index is -0.318. The first kappa shape index (κ1) is 18.2. The molecule has 1 aliphatic carbocycles. The molecule has 1 atom stereocenters. The van der Waals surface area contributed by atoms with E-state index < -0.39 is 0 Å². The highest BCUT2D eigenvalue weighted by Gasteiger charge is 2.29. The van der Waals surface area contributed by atoms with Gasteiger partial charge in [0.15, 0.2) is 0 Å². The van der Waals surface area contributed by atoms with Gasteiger partial charge in [0.25, 0.3) is 5.91 Å². The molecule has 1 saturated heterocycles. The van der Waals surface area contributed by atoms with Gasteiger partial charge in [-0.05, 0) is 62.8 Å². The molecule has 0 saturated carbocycles. The zero-order valence-corrected chi connectivity index (χ0v) is 16.2. The van der Waals surface area contributed by atoms with Crippen LogP contribution in [0.1, 0.15) is 44.9 Å². The lowest BCUT2D eigenvalue weighted by Crippen LogP contribution is -2.28.